The van der Waals surface area contributed by atoms with Gasteiger partial charge in [-0.2, -0.15) is 0 Å². The summed E-state index contributed by atoms with van der Waals surface area (Å²) in [6, 6.07) is 7.44. The quantitative estimate of drug-likeness (QED) is 0.826. The van der Waals surface area contributed by atoms with Crippen molar-refractivity contribution in [3.63, 3.8) is 0 Å². The Bertz CT molecular complexity index is 454. The molecule has 102 valence electrons. The lowest BCUT2D eigenvalue weighted by atomic mass is 10.2. The van der Waals surface area contributed by atoms with E-state index in [1.165, 1.54) is 5.56 Å². The van der Waals surface area contributed by atoms with Crippen molar-refractivity contribution in [2.24, 2.45) is 0 Å². The molecule has 1 N–H and O–H groups in total. The van der Waals surface area contributed by atoms with Crippen LogP contribution in [0.3, 0.4) is 0 Å². The van der Waals surface area contributed by atoms with E-state index < -0.39 is 10.0 Å². The zero-order valence-corrected chi connectivity index (χ0v) is 12.0. The molecule has 1 rings (SSSR count). The molecule has 1 unspecified atom stereocenters. The van der Waals surface area contributed by atoms with Crippen LogP contribution in [0.4, 0.5) is 0 Å². The summed E-state index contributed by atoms with van der Waals surface area (Å²) in [7, 11) is -3.17. The van der Waals surface area contributed by atoms with Crippen LogP contribution in [0.5, 0.6) is 5.75 Å². The van der Waals surface area contributed by atoms with Gasteiger partial charge in [0.2, 0.25) is 10.0 Å². The minimum absolute atomic E-state index is 0.155. The summed E-state index contributed by atoms with van der Waals surface area (Å²) in [5.74, 6) is 0.907. The van der Waals surface area contributed by atoms with Crippen LogP contribution >= 0.6 is 0 Å². The summed E-state index contributed by atoms with van der Waals surface area (Å²) in [6.45, 7) is 5.96. The summed E-state index contributed by atoms with van der Waals surface area (Å²) >= 11 is 0. The van der Waals surface area contributed by atoms with Crippen LogP contribution in [-0.4, -0.2) is 26.8 Å². The van der Waals surface area contributed by atoms with Crippen LogP contribution in [0.1, 0.15) is 25.8 Å². The number of aryl methyl sites for hydroxylation is 1. The molecule has 1 atom stereocenters. The minimum atomic E-state index is -3.17. The molecule has 5 heteroatoms. The smallest absolute Gasteiger partial charge is 0.211 e. The van der Waals surface area contributed by atoms with E-state index in [1.54, 1.807) is 6.92 Å². The third-order valence-corrected chi connectivity index (χ3v) is 4.08. The highest BCUT2D eigenvalue weighted by molar-refractivity contribution is 7.89. The molecule has 1 aromatic rings. The second-order valence-corrected chi connectivity index (χ2v) is 6.34. The molecule has 0 aliphatic carbocycles. The second kappa shape index (κ2) is 6.75. The summed E-state index contributed by atoms with van der Waals surface area (Å²) in [6.07, 6.45) is 0.612. The van der Waals surface area contributed by atoms with Gasteiger partial charge in [0, 0.05) is 0 Å². The highest BCUT2D eigenvalue weighted by Gasteiger charge is 2.13. The highest BCUT2D eigenvalue weighted by atomic mass is 32.2. The number of hydrogen-bond donors (Lipinski definition) is 1. The molecule has 0 heterocycles. The minimum Gasteiger partial charge on any atom is -0.492 e. The lowest BCUT2D eigenvalue weighted by molar-refractivity contribution is 0.287. The van der Waals surface area contributed by atoms with E-state index in [0.29, 0.717) is 13.0 Å². The summed E-state index contributed by atoms with van der Waals surface area (Å²) < 4.78 is 31.2. The largest absolute Gasteiger partial charge is 0.492 e. The zero-order valence-electron chi connectivity index (χ0n) is 11.1. The molecular weight excluding hydrogens is 250 g/mol. The Morgan fingerprint density at radius 3 is 2.44 bits per heavy atom. The van der Waals surface area contributed by atoms with Crippen LogP contribution in [0.25, 0.3) is 0 Å². The lowest BCUT2D eigenvalue weighted by Gasteiger charge is -2.15. The van der Waals surface area contributed by atoms with Crippen molar-refractivity contribution < 1.29 is 13.2 Å². The predicted molar refractivity (Wildman–Crippen MR) is 73.3 cm³/mol. The third kappa shape index (κ3) is 5.51. The van der Waals surface area contributed by atoms with Gasteiger partial charge >= 0.3 is 0 Å². The fourth-order valence-corrected chi connectivity index (χ4v) is 2.86. The van der Waals surface area contributed by atoms with Crippen LogP contribution in [0.2, 0.25) is 0 Å². The van der Waals surface area contributed by atoms with Gasteiger partial charge in [-0.15, -0.1) is 0 Å². The molecule has 0 aromatic heterocycles. The van der Waals surface area contributed by atoms with Crippen molar-refractivity contribution in [2.75, 3.05) is 12.4 Å². The van der Waals surface area contributed by atoms with E-state index in [9.17, 15) is 8.42 Å². The molecule has 0 amide bonds. The molecule has 0 fully saturated rings. The monoisotopic (exact) mass is 271 g/mol. The molecule has 18 heavy (non-hydrogen) atoms. The van der Waals surface area contributed by atoms with Gasteiger partial charge in [0.1, 0.15) is 12.4 Å². The Kier molecular flexibility index (Phi) is 5.62. The summed E-state index contributed by atoms with van der Waals surface area (Å²) in [5, 5.41) is 0. The van der Waals surface area contributed by atoms with E-state index >= 15 is 0 Å². The molecule has 0 aliphatic heterocycles. The lowest BCUT2D eigenvalue weighted by Crippen LogP contribution is -2.38. The van der Waals surface area contributed by atoms with Crippen LogP contribution in [-0.2, 0) is 10.0 Å². The van der Waals surface area contributed by atoms with Crippen molar-refractivity contribution in [1.82, 2.24) is 4.72 Å². The molecule has 4 nitrogen and oxygen atoms in total. The van der Waals surface area contributed by atoms with Crippen molar-refractivity contribution in [3.05, 3.63) is 29.8 Å². The maximum atomic E-state index is 11.5. The van der Waals surface area contributed by atoms with Gasteiger partial charge in [-0.25, -0.2) is 13.1 Å². The number of benzene rings is 1. The average molecular weight is 271 g/mol. The first kappa shape index (κ1) is 15.0. The van der Waals surface area contributed by atoms with Crippen LogP contribution in [0.15, 0.2) is 24.3 Å². The van der Waals surface area contributed by atoms with Crippen LogP contribution < -0.4 is 9.46 Å². The number of hydrogen-bond acceptors (Lipinski definition) is 3. The summed E-state index contributed by atoms with van der Waals surface area (Å²) in [5.41, 5.74) is 1.17. The molecule has 0 saturated heterocycles. The number of ether oxygens (including phenoxy) is 1. The molecular formula is C13H21NO3S. The van der Waals surface area contributed by atoms with E-state index in [1.807, 2.05) is 38.1 Å². The SMILES string of the molecule is CCCS(=O)(=O)NC(C)COc1ccc(C)cc1. The maximum absolute atomic E-state index is 11.5. The van der Waals surface area contributed by atoms with Gasteiger partial charge in [0.05, 0.1) is 11.8 Å². The molecule has 0 aliphatic rings. The Balaban J connectivity index is 2.42. The van der Waals surface area contributed by atoms with Crippen molar-refractivity contribution in [1.29, 1.82) is 0 Å². The normalized spacial score (nSPS) is 13.3. The first-order valence-electron chi connectivity index (χ1n) is 6.12. The van der Waals surface area contributed by atoms with E-state index in [2.05, 4.69) is 4.72 Å². The van der Waals surface area contributed by atoms with Gasteiger partial charge in [0.15, 0.2) is 0 Å². The maximum Gasteiger partial charge on any atom is 0.211 e. The Hall–Kier alpha value is -1.07. The van der Waals surface area contributed by atoms with Gasteiger partial charge in [-0.1, -0.05) is 24.6 Å². The molecule has 1 aromatic carbocycles. The number of nitrogens with one attached hydrogen (secondary N) is 1. The Morgan fingerprint density at radius 2 is 1.89 bits per heavy atom. The Labute approximate surface area is 109 Å². The molecule has 0 radical (unpaired) electrons. The Morgan fingerprint density at radius 1 is 1.28 bits per heavy atom. The van der Waals surface area contributed by atoms with E-state index in [4.69, 9.17) is 4.74 Å². The second-order valence-electron chi connectivity index (χ2n) is 4.46. The first-order chi connectivity index (χ1) is 8.43. The molecule has 0 bridgehead atoms. The highest BCUT2D eigenvalue weighted by Crippen LogP contribution is 2.11. The zero-order chi connectivity index (χ0) is 13.6. The first-order valence-corrected chi connectivity index (χ1v) is 7.77. The van der Waals surface area contributed by atoms with Gasteiger partial charge < -0.3 is 4.74 Å². The van der Waals surface area contributed by atoms with Crippen LogP contribution in [0, 0.1) is 6.92 Å². The topological polar surface area (TPSA) is 55.4 Å². The molecule has 0 saturated carbocycles. The van der Waals surface area contributed by atoms with E-state index in [0.717, 1.165) is 5.75 Å². The molecule has 0 spiro atoms. The van der Waals surface area contributed by atoms with Gasteiger partial charge in [0.25, 0.3) is 0 Å². The fourth-order valence-electron chi connectivity index (χ4n) is 1.52. The average Bonchev–Trinajstić information content (AvgIpc) is 2.27. The predicted octanol–water partition coefficient (Wildman–Crippen LogP) is 2.09. The fraction of sp³-hybridized carbons (Fsp3) is 0.538. The van der Waals surface area contributed by atoms with Crippen molar-refractivity contribution >= 4 is 10.0 Å². The number of sulfonamides is 1. The van der Waals surface area contributed by atoms with Crippen molar-refractivity contribution in [3.8, 4) is 5.75 Å². The number of rotatable bonds is 7. The van der Waals surface area contributed by atoms with Gasteiger partial charge in [-0.05, 0) is 32.4 Å². The van der Waals surface area contributed by atoms with Gasteiger partial charge in [-0.3, -0.25) is 0 Å². The standard InChI is InChI=1S/C13H21NO3S/c1-4-9-18(15,16)14-12(3)10-17-13-7-5-11(2)6-8-13/h5-8,12,14H,4,9-10H2,1-3H3. The summed E-state index contributed by atoms with van der Waals surface area (Å²) in [4.78, 5) is 0. The van der Waals surface area contributed by atoms with Crippen molar-refractivity contribution in [2.45, 2.75) is 33.2 Å². The third-order valence-electron chi connectivity index (χ3n) is 2.37. The van der Waals surface area contributed by atoms with E-state index in [-0.39, 0.29) is 11.8 Å².